The minimum absolute atomic E-state index is 0. The Labute approximate surface area is 214 Å². The first-order valence-electron chi connectivity index (χ1n) is 9.62. The summed E-state index contributed by atoms with van der Waals surface area (Å²) in [7, 11) is -1.13. The fourth-order valence-corrected chi connectivity index (χ4v) is 7.42. The highest BCUT2D eigenvalue weighted by Crippen LogP contribution is 2.58. The molecular weight excluding hydrogens is 526 g/mol. The van der Waals surface area contributed by atoms with E-state index in [1.165, 1.54) is 28.4 Å². The van der Waals surface area contributed by atoms with E-state index in [1.54, 1.807) is 0 Å². The van der Waals surface area contributed by atoms with Gasteiger partial charge in [-0.3, -0.25) is 9.13 Å². The highest BCUT2D eigenvalue weighted by Gasteiger charge is 2.36. The van der Waals surface area contributed by atoms with Crippen LogP contribution < -0.4 is 0 Å². The Kier molecular flexibility index (Phi) is 22.8. The Morgan fingerprint density at radius 3 is 1.73 bits per heavy atom. The van der Waals surface area contributed by atoms with Crippen LogP contribution in [0.2, 0.25) is 0 Å². The molecular formula is C19H38N2O7P2S3. The molecule has 0 aromatic rings. The molecule has 0 fully saturated rings. The lowest BCUT2D eigenvalue weighted by atomic mass is 10.1. The molecule has 0 N–H and O–H groups in total. The summed E-state index contributed by atoms with van der Waals surface area (Å²) in [5, 5.41) is 17.0. The first kappa shape index (κ1) is 37.4. The Balaban J connectivity index is -0.000000596. The second-order valence-electron chi connectivity index (χ2n) is 6.57. The lowest BCUT2D eigenvalue weighted by Gasteiger charge is -2.25. The summed E-state index contributed by atoms with van der Waals surface area (Å²) < 4.78 is 49.2. The molecule has 33 heavy (non-hydrogen) atoms. The fourth-order valence-electron chi connectivity index (χ4n) is 1.88. The van der Waals surface area contributed by atoms with E-state index in [1.807, 2.05) is 32.9 Å². The van der Waals surface area contributed by atoms with Crippen molar-refractivity contribution in [1.82, 2.24) is 0 Å². The van der Waals surface area contributed by atoms with Gasteiger partial charge in [-0.05, 0) is 37.9 Å². The van der Waals surface area contributed by atoms with E-state index in [0.29, 0.717) is 29.6 Å². The zero-order valence-electron chi connectivity index (χ0n) is 19.5. The smallest absolute Gasteiger partial charge is 0.343 e. The summed E-state index contributed by atoms with van der Waals surface area (Å²) in [6.45, 7) is 5.98. The van der Waals surface area contributed by atoms with Gasteiger partial charge in [0.1, 0.15) is 9.98 Å². The van der Waals surface area contributed by atoms with E-state index in [2.05, 4.69) is 12.6 Å². The summed E-state index contributed by atoms with van der Waals surface area (Å²) >= 11 is 10.3. The van der Waals surface area contributed by atoms with Crippen molar-refractivity contribution in [3.8, 4) is 12.1 Å². The van der Waals surface area contributed by atoms with Gasteiger partial charge in [0.25, 0.3) is 0 Å². The number of hydrogen-bond acceptors (Lipinski definition) is 12. The molecule has 194 valence electrons. The molecule has 0 aliphatic heterocycles. The van der Waals surface area contributed by atoms with Crippen LogP contribution in [-0.2, 0) is 32.0 Å². The second kappa shape index (κ2) is 20.1. The Morgan fingerprint density at radius 1 is 0.939 bits per heavy atom. The van der Waals surface area contributed by atoms with Crippen LogP contribution in [-0.4, -0.2) is 48.9 Å². The topological polar surface area (TPSA) is 128 Å². The van der Waals surface area contributed by atoms with Gasteiger partial charge in [0.15, 0.2) is 0 Å². The van der Waals surface area contributed by atoms with Crippen LogP contribution in [0.25, 0.3) is 0 Å². The van der Waals surface area contributed by atoms with Crippen LogP contribution in [0.3, 0.4) is 0 Å². The molecule has 0 aliphatic rings. The molecule has 0 bridgehead atoms. The molecule has 0 saturated carbocycles. The lowest BCUT2D eigenvalue weighted by molar-refractivity contribution is 0.168. The van der Waals surface area contributed by atoms with Crippen molar-refractivity contribution in [2.75, 3.05) is 28.4 Å². The normalized spacial score (nSPS) is 13.9. The fraction of sp³-hybridized carbons (Fsp3) is 0.842. The predicted octanol–water partition coefficient (Wildman–Crippen LogP) is 6.85. The van der Waals surface area contributed by atoms with Crippen molar-refractivity contribution in [2.24, 2.45) is 5.92 Å². The predicted molar refractivity (Wildman–Crippen MR) is 142 cm³/mol. The summed E-state index contributed by atoms with van der Waals surface area (Å²) in [5.74, 6) is 0.322. The molecule has 3 atom stereocenters. The van der Waals surface area contributed by atoms with Gasteiger partial charge in [-0.1, -0.05) is 33.0 Å². The van der Waals surface area contributed by atoms with Crippen molar-refractivity contribution >= 4 is 56.2 Å². The maximum Gasteiger partial charge on any atom is 0.343 e. The van der Waals surface area contributed by atoms with Crippen LogP contribution in [0, 0.1) is 28.6 Å². The molecule has 0 aromatic carbocycles. The van der Waals surface area contributed by atoms with Gasteiger partial charge in [-0.25, -0.2) is 0 Å². The zero-order chi connectivity index (χ0) is 25.4. The maximum absolute atomic E-state index is 12.4. The van der Waals surface area contributed by atoms with Gasteiger partial charge < -0.3 is 22.8 Å². The summed E-state index contributed by atoms with van der Waals surface area (Å²) in [4.78, 5) is -1.06. The standard InChI is InChI=1S/C12H22NO4PS2.C6H12NO3PS.CH4/c1-9(2)10(3)17-12(19)20-11(7-6-8-13)18(14,15-4)16-5;1-9-11(8,10-2)6(12)4-3-5-7;/h9-11H,6-7H2,1-5H3;6,12H,3-4H2,1-2H3;1H4. The van der Waals surface area contributed by atoms with Crippen LogP contribution in [0.5, 0.6) is 0 Å². The van der Waals surface area contributed by atoms with Crippen molar-refractivity contribution < 1.29 is 32.0 Å². The second-order valence-corrected chi connectivity index (χ2v) is 14.6. The number of ether oxygens (including phenoxy) is 1. The van der Waals surface area contributed by atoms with Crippen molar-refractivity contribution in [1.29, 1.82) is 10.5 Å². The van der Waals surface area contributed by atoms with Gasteiger partial charge in [0, 0.05) is 41.3 Å². The molecule has 0 heterocycles. The number of thioether (sulfide) groups is 1. The molecule has 0 amide bonds. The van der Waals surface area contributed by atoms with Gasteiger partial charge in [0.05, 0.1) is 18.2 Å². The Bertz CT molecular complexity index is 713. The van der Waals surface area contributed by atoms with Crippen LogP contribution in [0.1, 0.15) is 53.9 Å². The van der Waals surface area contributed by atoms with Crippen LogP contribution >= 0.6 is 51.8 Å². The average Bonchev–Trinajstić information content (AvgIpc) is 2.79. The third-order valence-electron chi connectivity index (χ3n) is 4.21. The highest BCUT2D eigenvalue weighted by molar-refractivity contribution is 8.25. The Hall–Kier alpha value is -0.130. The number of nitrogens with zero attached hydrogens (tertiary/aromatic N) is 2. The maximum atomic E-state index is 12.4. The minimum Gasteiger partial charge on any atom is -0.475 e. The van der Waals surface area contributed by atoms with Crippen LogP contribution in [0.15, 0.2) is 0 Å². The van der Waals surface area contributed by atoms with Crippen LogP contribution in [0.4, 0.5) is 0 Å². The van der Waals surface area contributed by atoms with Crippen molar-refractivity contribution in [3.63, 3.8) is 0 Å². The lowest BCUT2D eigenvalue weighted by Crippen LogP contribution is -2.19. The summed E-state index contributed by atoms with van der Waals surface area (Å²) in [6, 6.07) is 3.96. The third kappa shape index (κ3) is 14.8. The van der Waals surface area contributed by atoms with Gasteiger partial charge in [-0.15, -0.1) is 0 Å². The molecule has 0 aliphatic carbocycles. The molecule has 0 spiro atoms. The monoisotopic (exact) mass is 564 g/mol. The molecule has 0 rings (SSSR count). The largest absolute Gasteiger partial charge is 0.475 e. The van der Waals surface area contributed by atoms with E-state index in [0.717, 1.165) is 11.8 Å². The van der Waals surface area contributed by atoms with Gasteiger partial charge in [-0.2, -0.15) is 23.2 Å². The summed E-state index contributed by atoms with van der Waals surface area (Å²) in [5.41, 5.74) is 0. The summed E-state index contributed by atoms with van der Waals surface area (Å²) in [6.07, 6.45) is 1.27. The first-order chi connectivity index (χ1) is 14.9. The molecule has 0 saturated heterocycles. The number of thiol groups is 1. The van der Waals surface area contributed by atoms with Crippen molar-refractivity contribution in [3.05, 3.63) is 0 Å². The van der Waals surface area contributed by atoms with Gasteiger partial charge in [0.2, 0.25) is 4.38 Å². The van der Waals surface area contributed by atoms with E-state index >= 15 is 0 Å². The molecule has 14 heteroatoms. The van der Waals surface area contributed by atoms with E-state index in [-0.39, 0.29) is 20.0 Å². The van der Waals surface area contributed by atoms with Crippen molar-refractivity contribution in [2.45, 2.75) is 70.0 Å². The van der Waals surface area contributed by atoms with E-state index < -0.39 is 25.2 Å². The molecule has 0 radical (unpaired) electrons. The number of nitriles is 2. The minimum atomic E-state index is -3.30. The first-order valence-corrected chi connectivity index (χ1v) is 14.7. The highest BCUT2D eigenvalue weighted by atomic mass is 32.2. The third-order valence-corrected chi connectivity index (χ3v) is 11.6. The van der Waals surface area contributed by atoms with E-state index in [4.69, 9.17) is 45.6 Å². The number of thiocarbonyl (C=S) groups is 1. The number of rotatable bonds is 13. The van der Waals surface area contributed by atoms with E-state index in [9.17, 15) is 9.13 Å². The average molecular weight is 565 g/mol. The van der Waals surface area contributed by atoms with Gasteiger partial charge >= 0.3 is 15.2 Å². The quantitative estimate of drug-likeness (QED) is 0.143. The molecule has 9 nitrogen and oxygen atoms in total. The number of hydrogen-bond donors (Lipinski definition) is 1. The Morgan fingerprint density at radius 2 is 1.36 bits per heavy atom. The molecule has 0 aromatic heterocycles. The SMILES string of the molecule is C.COP(=O)(OC)C(CCC#N)SC(=S)OC(C)C(C)C.COP(=O)(OC)C(S)CCC#N. The molecule has 3 unspecified atom stereocenters. The zero-order valence-corrected chi connectivity index (χ0v) is 23.9.